The second-order valence-electron chi connectivity index (χ2n) is 4.87. The molecule has 0 unspecified atom stereocenters. The summed E-state index contributed by atoms with van der Waals surface area (Å²) < 4.78 is 43.5. The molecule has 1 heterocycles. The van der Waals surface area contributed by atoms with Crippen LogP contribution in [-0.2, 0) is 17.5 Å². The molecule has 0 aliphatic rings. The quantitative estimate of drug-likeness (QED) is 0.863. The normalized spacial score (nSPS) is 11.5. The summed E-state index contributed by atoms with van der Waals surface area (Å²) in [7, 11) is 0. The van der Waals surface area contributed by atoms with Crippen LogP contribution in [0.1, 0.15) is 16.8 Å². The molecule has 0 radical (unpaired) electrons. The summed E-state index contributed by atoms with van der Waals surface area (Å²) in [5.74, 6) is -0.466. The Morgan fingerprint density at radius 1 is 1.28 bits per heavy atom. The molecule has 2 rings (SSSR count). The largest absolute Gasteiger partial charge is 0.445 e. The fraction of sp³-hybridized carbons (Fsp3) is 0.188. The van der Waals surface area contributed by atoms with Crippen LogP contribution in [0.4, 0.5) is 23.9 Å². The maximum absolute atomic E-state index is 12.9. The lowest BCUT2D eigenvalue weighted by Crippen LogP contribution is -2.24. The molecule has 0 aliphatic heterocycles. The topological polar surface area (TPSA) is 90.1 Å². The molecule has 1 aromatic heterocycles. The summed E-state index contributed by atoms with van der Waals surface area (Å²) >= 11 is 0. The van der Waals surface area contributed by atoms with Crippen LogP contribution in [0.15, 0.2) is 42.6 Å². The van der Waals surface area contributed by atoms with Gasteiger partial charge in [-0.1, -0.05) is 42.5 Å². The number of anilines is 1. The first-order valence-corrected chi connectivity index (χ1v) is 7.17. The molecule has 0 fully saturated rings. The highest BCUT2D eigenvalue weighted by atomic mass is 19.4. The number of alkyl carbamates (subject to hydrolysis) is 1. The highest BCUT2D eigenvalue weighted by molar-refractivity contribution is 5.67. The molecule has 0 saturated heterocycles. The summed E-state index contributed by atoms with van der Waals surface area (Å²) in [5.41, 5.74) is 4.62. The Bertz CT molecular complexity index is 749. The lowest BCUT2D eigenvalue weighted by molar-refractivity contribution is -0.141. The van der Waals surface area contributed by atoms with Crippen molar-refractivity contribution in [3.8, 4) is 0 Å². The number of carbonyl (C=O) groups is 1. The van der Waals surface area contributed by atoms with Crippen molar-refractivity contribution in [2.45, 2.75) is 12.8 Å². The van der Waals surface area contributed by atoms with Gasteiger partial charge in [0.05, 0.1) is 0 Å². The SMILES string of the molecule is Nc1ncc(C=CCNC(=O)OCc2ccccc2)c(C(F)(F)F)n1. The Hall–Kier alpha value is -3.10. The van der Waals surface area contributed by atoms with Gasteiger partial charge in [0.1, 0.15) is 6.61 Å². The lowest BCUT2D eigenvalue weighted by Gasteiger charge is -2.09. The summed E-state index contributed by atoms with van der Waals surface area (Å²) in [5, 5.41) is 2.40. The third kappa shape index (κ3) is 5.79. The highest BCUT2D eigenvalue weighted by Gasteiger charge is 2.35. The predicted molar refractivity (Wildman–Crippen MR) is 85.1 cm³/mol. The molecule has 3 N–H and O–H groups in total. The van der Waals surface area contributed by atoms with Crippen LogP contribution in [0.25, 0.3) is 6.08 Å². The van der Waals surface area contributed by atoms with Gasteiger partial charge < -0.3 is 15.8 Å². The van der Waals surface area contributed by atoms with E-state index in [0.29, 0.717) is 0 Å². The van der Waals surface area contributed by atoms with Crippen LogP contribution in [0.5, 0.6) is 0 Å². The zero-order valence-electron chi connectivity index (χ0n) is 13.0. The molecular weight excluding hydrogens is 337 g/mol. The van der Waals surface area contributed by atoms with Crippen molar-refractivity contribution < 1.29 is 22.7 Å². The molecule has 132 valence electrons. The molecule has 0 atom stereocenters. The molecule has 0 bridgehead atoms. The van der Waals surface area contributed by atoms with Crippen molar-refractivity contribution in [1.29, 1.82) is 0 Å². The zero-order valence-corrected chi connectivity index (χ0v) is 13.0. The number of halogens is 3. The van der Waals surface area contributed by atoms with Gasteiger partial charge in [0.2, 0.25) is 5.95 Å². The number of hydrogen-bond acceptors (Lipinski definition) is 5. The Balaban J connectivity index is 1.86. The summed E-state index contributed by atoms with van der Waals surface area (Å²) in [6.45, 7) is 0.0791. The maximum atomic E-state index is 12.9. The predicted octanol–water partition coefficient (Wildman–Crippen LogP) is 3.02. The molecule has 0 spiro atoms. The van der Waals surface area contributed by atoms with Crippen molar-refractivity contribution in [2.75, 3.05) is 12.3 Å². The van der Waals surface area contributed by atoms with Gasteiger partial charge in [0, 0.05) is 18.3 Å². The number of hydrogen-bond donors (Lipinski definition) is 2. The van der Waals surface area contributed by atoms with Gasteiger partial charge in [-0.15, -0.1) is 0 Å². The van der Waals surface area contributed by atoms with E-state index in [2.05, 4.69) is 15.3 Å². The van der Waals surface area contributed by atoms with Crippen molar-refractivity contribution in [1.82, 2.24) is 15.3 Å². The first-order valence-electron chi connectivity index (χ1n) is 7.17. The second kappa shape index (κ2) is 8.13. The second-order valence-corrected chi connectivity index (χ2v) is 4.87. The average molecular weight is 352 g/mol. The number of nitrogen functional groups attached to an aromatic ring is 1. The molecule has 1 aromatic carbocycles. The van der Waals surface area contributed by atoms with E-state index in [9.17, 15) is 18.0 Å². The van der Waals surface area contributed by atoms with Crippen molar-refractivity contribution in [3.63, 3.8) is 0 Å². The summed E-state index contributed by atoms with van der Waals surface area (Å²) in [6, 6.07) is 9.06. The van der Waals surface area contributed by atoms with Gasteiger partial charge >= 0.3 is 12.3 Å². The first kappa shape index (κ1) is 18.2. The van der Waals surface area contributed by atoms with E-state index in [0.717, 1.165) is 17.8 Å². The Labute approximate surface area is 141 Å². The molecule has 1 amide bonds. The fourth-order valence-electron chi connectivity index (χ4n) is 1.86. The number of alkyl halides is 3. The number of carbonyl (C=O) groups excluding carboxylic acids is 1. The third-order valence-corrected chi connectivity index (χ3v) is 2.98. The number of amides is 1. The number of ether oxygens (including phenoxy) is 1. The number of rotatable bonds is 5. The van der Waals surface area contributed by atoms with Crippen molar-refractivity contribution in [3.05, 3.63) is 59.4 Å². The molecule has 2 aromatic rings. The lowest BCUT2D eigenvalue weighted by atomic mass is 10.2. The third-order valence-electron chi connectivity index (χ3n) is 2.98. The Morgan fingerprint density at radius 2 is 2.00 bits per heavy atom. The first-order chi connectivity index (χ1) is 11.9. The minimum Gasteiger partial charge on any atom is -0.445 e. The standard InChI is InChI=1S/C16H15F3N4O2/c17-16(18,19)13-12(9-22-14(20)23-13)7-4-8-21-15(24)25-10-11-5-2-1-3-6-11/h1-7,9H,8,10H2,(H,21,24)(H2,20,22,23). The van der Waals surface area contributed by atoms with Gasteiger partial charge in [-0.05, 0) is 5.56 Å². The van der Waals surface area contributed by atoms with Crippen LogP contribution in [-0.4, -0.2) is 22.6 Å². The highest BCUT2D eigenvalue weighted by Crippen LogP contribution is 2.30. The number of aromatic nitrogens is 2. The number of nitrogens with one attached hydrogen (secondary N) is 1. The van der Waals surface area contributed by atoms with E-state index in [-0.39, 0.29) is 18.7 Å². The van der Waals surface area contributed by atoms with Crippen molar-refractivity contribution >= 4 is 18.1 Å². The zero-order chi connectivity index (χ0) is 18.3. The number of nitrogens with zero attached hydrogens (tertiary/aromatic N) is 2. The van der Waals surface area contributed by atoms with E-state index in [1.54, 1.807) is 12.1 Å². The molecule has 0 aliphatic carbocycles. The Kier molecular flexibility index (Phi) is 5.93. The van der Waals surface area contributed by atoms with E-state index in [4.69, 9.17) is 10.5 Å². The van der Waals surface area contributed by atoms with Gasteiger partial charge in [-0.3, -0.25) is 0 Å². The average Bonchev–Trinajstić information content (AvgIpc) is 2.58. The monoisotopic (exact) mass is 352 g/mol. The number of nitrogens with two attached hydrogens (primary N) is 1. The summed E-state index contributed by atoms with van der Waals surface area (Å²) in [4.78, 5) is 18.2. The summed E-state index contributed by atoms with van der Waals surface area (Å²) in [6.07, 6.45) is -1.89. The van der Waals surface area contributed by atoms with Gasteiger partial charge in [-0.25, -0.2) is 14.8 Å². The van der Waals surface area contributed by atoms with Crippen molar-refractivity contribution in [2.24, 2.45) is 0 Å². The van der Waals surface area contributed by atoms with Gasteiger partial charge in [0.15, 0.2) is 5.69 Å². The van der Waals surface area contributed by atoms with Crippen LogP contribution in [0.3, 0.4) is 0 Å². The van der Waals surface area contributed by atoms with E-state index in [1.165, 1.54) is 6.08 Å². The van der Waals surface area contributed by atoms with Crippen LogP contribution in [0.2, 0.25) is 0 Å². The van der Waals surface area contributed by atoms with Crippen LogP contribution >= 0.6 is 0 Å². The Morgan fingerprint density at radius 3 is 2.68 bits per heavy atom. The van der Waals surface area contributed by atoms with E-state index < -0.39 is 23.9 Å². The smallest absolute Gasteiger partial charge is 0.434 e. The molecule has 9 heteroatoms. The molecule has 0 saturated carbocycles. The minimum atomic E-state index is -4.65. The van der Waals surface area contributed by atoms with E-state index in [1.807, 2.05) is 18.2 Å². The van der Waals surface area contributed by atoms with E-state index >= 15 is 0 Å². The molecule has 6 nitrogen and oxygen atoms in total. The van der Waals surface area contributed by atoms with Crippen LogP contribution in [0, 0.1) is 0 Å². The number of benzene rings is 1. The van der Waals surface area contributed by atoms with Gasteiger partial charge in [0.25, 0.3) is 0 Å². The molecular formula is C16H15F3N4O2. The van der Waals surface area contributed by atoms with Crippen LogP contribution < -0.4 is 11.1 Å². The fourth-order valence-corrected chi connectivity index (χ4v) is 1.86. The van der Waals surface area contributed by atoms with Gasteiger partial charge in [-0.2, -0.15) is 13.2 Å². The minimum absolute atomic E-state index is 0.0186. The molecule has 25 heavy (non-hydrogen) atoms. The maximum Gasteiger partial charge on any atom is 0.434 e.